The quantitative estimate of drug-likeness (QED) is 0.211. The number of fused-ring (bicyclic) bond motifs is 6. The monoisotopic (exact) mass is 544 g/mol. The molecule has 0 amide bonds. The van der Waals surface area contributed by atoms with Crippen LogP contribution in [0.5, 0.6) is 0 Å². The van der Waals surface area contributed by atoms with Crippen molar-refractivity contribution in [1.29, 1.82) is 0 Å². The van der Waals surface area contributed by atoms with Gasteiger partial charge in [-0.25, -0.2) is 18.4 Å². The molecule has 0 unspecified atom stereocenters. The highest BCUT2D eigenvalue weighted by atomic mass is 32.2. The average Bonchev–Trinajstić information content (AvgIpc) is 3.47. The number of benzene rings is 4. The number of hydrogen-bond donors (Lipinski definition) is 0. The summed E-state index contributed by atoms with van der Waals surface area (Å²) >= 11 is 0. The minimum absolute atomic E-state index is 0.174. The van der Waals surface area contributed by atoms with Crippen LogP contribution < -0.4 is 0 Å². The Labute approximate surface area is 232 Å². The smallest absolute Gasteiger partial charge is 0.247 e. The largest absolute Gasteiger partial charge is 0.341 e. The molecule has 0 saturated heterocycles. The Morgan fingerprint density at radius 2 is 1.00 bits per heavy atom. The summed E-state index contributed by atoms with van der Waals surface area (Å²) in [7, 11) is -3.65. The minimum atomic E-state index is -3.65. The topological polar surface area (TPSA) is 69.8 Å². The van der Waals surface area contributed by atoms with Crippen molar-refractivity contribution in [1.82, 2.24) is 19.1 Å². The Kier molecular flexibility index (Phi) is 5.54. The third-order valence-electron chi connectivity index (χ3n) is 7.81. The van der Waals surface area contributed by atoms with E-state index in [-0.39, 0.29) is 5.16 Å². The highest BCUT2D eigenvalue weighted by molar-refractivity contribution is 7.90. The van der Waals surface area contributed by atoms with Gasteiger partial charge >= 0.3 is 0 Å². The van der Waals surface area contributed by atoms with Gasteiger partial charge in [-0.3, -0.25) is 0 Å². The Balaban J connectivity index is 1.46. The number of hydrogen-bond acceptors (Lipinski definition) is 4. The number of sulfone groups is 1. The zero-order valence-electron chi connectivity index (χ0n) is 22.6. The van der Waals surface area contributed by atoms with E-state index in [4.69, 9.17) is 0 Å². The number of aromatic nitrogens is 4. The number of aryl methyl sites for hydroxylation is 2. The summed E-state index contributed by atoms with van der Waals surface area (Å²) in [4.78, 5) is 9.07. The zero-order valence-corrected chi connectivity index (χ0v) is 23.4. The van der Waals surface area contributed by atoms with Crippen molar-refractivity contribution in [3.63, 3.8) is 0 Å². The van der Waals surface area contributed by atoms with Crippen molar-refractivity contribution in [2.24, 2.45) is 0 Å². The lowest BCUT2D eigenvalue weighted by molar-refractivity contribution is 0.593. The number of para-hydroxylation sites is 2. The van der Waals surface area contributed by atoms with Gasteiger partial charge in [-0.2, -0.15) is 0 Å². The second-order valence-electron chi connectivity index (χ2n) is 10.2. The zero-order chi connectivity index (χ0) is 27.6. The molecule has 0 fully saturated rings. The lowest BCUT2D eigenvalue weighted by Crippen LogP contribution is -2.06. The number of rotatable bonds is 5. The van der Waals surface area contributed by atoms with Gasteiger partial charge in [0.1, 0.15) is 0 Å². The average molecular weight is 545 g/mol. The van der Waals surface area contributed by atoms with Gasteiger partial charge in [0.2, 0.25) is 15.0 Å². The van der Waals surface area contributed by atoms with Gasteiger partial charge in [0.25, 0.3) is 0 Å². The van der Waals surface area contributed by atoms with Gasteiger partial charge < -0.3 is 9.13 Å². The van der Waals surface area contributed by atoms with E-state index in [1.54, 1.807) is 0 Å². The molecule has 7 rings (SSSR count). The molecule has 198 valence electrons. The highest BCUT2D eigenvalue weighted by Crippen LogP contribution is 2.35. The molecule has 3 aromatic heterocycles. The molecule has 0 saturated carbocycles. The fraction of sp³-hybridized carbons (Fsp3) is 0.152. The van der Waals surface area contributed by atoms with Crippen LogP contribution in [-0.2, 0) is 22.9 Å². The van der Waals surface area contributed by atoms with Crippen LogP contribution in [-0.4, -0.2) is 33.8 Å². The molecule has 6 nitrogen and oxygen atoms in total. The molecule has 0 atom stereocenters. The van der Waals surface area contributed by atoms with Crippen LogP contribution in [0.1, 0.15) is 13.8 Å². The number of nitrogens with zero attached hydrogens (tertiary/aromatic N) is 4. The summed E-state index contributed by atoms with van der Waals surface area (Å²) in [5, 5.41) is 4.38. The van der Waals surface area contributed by atoms with Crippen molar-refractivity contribution in [2.45, 2.75) is 32.1 Å². The maximum Gasteiger partial charge on any atom is 0.247 e. The molecule has 0 aliphatic carbocycles. The van der Waals surface area contributed by atoms with Gasteiger partial charge in [0, 0.05) is 74.1 Å². The molecule has 7 heteroatoms. The first-order valence-corrected chi connectivity index (χ1v) is 15.4. The molecule has 4 aromatic carbocycles. The Morgan fingerprint density at radius 1 is 0.575 bits per heavy atom. The summed E-state index contributed by atoms with van der Waals surface area (Å²) < 4.78 is 30.0. The maximum atomic E-state index is 12.7. The lowest BCUT2D eigenvalue weighted by atomic mass is 10.0. The molecular formula is C33H28N4O2S. The minimum Gasteiger partial charge on any atom is -0.341 e. The van der Waals surface area contributed by atoms with Gasteiger partial charge in [0.15, 0.2) is 0 Å². The highest BCUT2D eigenvalue weighted by Gasteiger charge is 2.19. The van der Waals surface area contributed by atoms with Crippen molar-refractivity contribution in [2.75, 3.05) is 6.26 Å². The van der Waals surface area contributed by atoms with E-state index in [0.29, 0.717) is 11.4 Å². The predicted octanol–water partition coefficient (Wildman–Crippen LogP) is 7.47. The molecule has 0 bridgehead atoms. The van der Waals surface area contributed by atoms with Gasteiger partial charge in [-0.15, -0.1) is 0 Å². The SMILES string of the molecule is CCn1c2ccccc2c2cc(-c3cc(-c4ccc5c(c4)c4ccccc4n5CC)nc(S(C)(=O)=O)n3)ccc21. The molecule has 7 aromatic rings. The fourth-order valence-corrected chi connectivity index (χ4v) is 6.52. The van der Waals surface area contributed by atoms with Crippen LogP contribution >= 0.6 is 0 Å². The van der Waals surface area contributed by atoms with E-state index in [1.807, 2.05) is 30.3 Å². The van der Waals surface area contributed by atoms with E-state index in [1.165, 1.54) is 11.0 Å². The summed E-state index contributed by atoms with van der Waals surface area (Å²) in [5.41, 5.74) is 7.50. The predicted molar refractivity (Wildman–Crippen MR) is 163 cm³/mol. The van der Waals surface area contributed by atoms with E-state index in [0.717, 1.165) is 63.1 Å². The van der Waals surface area contributed by atoms with Crippen LogP contribution in [0.25, 0.3) is 66.1 Å². The first-order valence-electron chi connectivity index (χ1n) is 13.5. The second-order valence-corrected chi connectivity index (χ2v) is 12.1. The first-order chi connectivity index (χ1) is 19.4. The van der Waals surface area contributed by atoms with E-state index in [2.05, 4.69) is 93.6 Å². The Hall–Kier alpha value is -4.49. The lowest BCUT2D eigenvalue weighted by Gasteiger charge is -2.09. The third kappa shape index (κ3) is 3.72. The maximum absolute atomic E-state index is 12.7. The van der Waals surface area contributed by atoms with Gasteiger partial charge in [-0.1, -0.05) is 48.5 Å². The molecule has 0 spiro atoms. The van der Waals surface area contributed by atoms with E-state index < -0.39 is 9.84 Å². The van der Waals surface area contributed by atoms with E-state index >= 15 is 0 Å². The van der Waals surface area contributed by atoms with E-state index in [9.17, 15) is 8.42 Å². The van der Waals surface area contributed by atoms with Gasteiger partial charge in [-0.05, 0) is 56.3 Å². The molecule has 0 radical (unpaired) electrons. The van der Waals surface area contributed by atoms with Crippen LogP contribution in [0.3, 0.4) is 0 Å². The van der Waals surface area contributed by atoms with Crippen LogP contribution in [0, 0.1) is 0 Å². The summed E-state index contributed by atoms with van der Waals surface area (Å²) in [6.07, 6.45) is 1.16. The van der Waals surface area contributed by atoms with Crippen molar-refractivity contribution >= 4 is 53.4 Å². The molecule has 0 aliphatic rings. The summed E-state index contributed by atoms with van der Waals surface area (Å²) in [5.74, 6) is 0. The normalized spacial score (nSPS) is 12.3. The fourth-order valence-electron chi connectivity index (χ4n) is 5.99. The molecule has 3 heterocycles. The first kappa shape index (κ1) is 24.5. The summed E-state index contributed by atoms with van der Waals surface area (Å²) in [6.45, 7) is 6.00. The Bertz CT molecular complexity index is 2090. The molecule has 0 N–H and O–H groups in total. The van der Waals surface area contributed by atoms with Gasteiger partial charge in [0.05, 0.1) is 11.4 Å². The third-order valence-corrected chi connectivity index (χ3v) is 8.65. The van der Waals surface area contributed by atoms with Crippen molar-refractivity contribution < 1.29 is 8.42 Å². The van der Waals surface area contributed by atoms with Crippen molar-refractivity contribution in [3.05, 3.63) is 91.0 Å². The van der Waals surface area contributed by atoms with Crippen LogP contribution in [0.4, 0.5) is 0 Å². The molecule has 40 heavy (non-hydrogen) atoms. The molecule has 0 aliphatic heterocycles. The van der Waals surface area contributed by atoms with Crippen LogP contribution in [0.15, 0.2) is 96.2 Å². The summed E-state index contributed by atoms with van der Waals surface area (Å²) in [6, 6.07) is 31.1. The van der Waals surface area contributed by atoms with Crippen molar-refractivity contribution in [3.8, 4) is 22.5 Å². The standard InChI is InChI=1S/C33H28N4O2S/c1-4-36-29-12-8-6-10-23(29)25-18-21(14-16-31(25)36)27-20-28(35-33(34-27)40(3,38)39)22-15-17-32-26(19-22)24-11-7-9-13-30(24)37(32)5-2/h6-20H,4-5H2,1-3H3. The Morgan fingerprint density at radius 3 is 1.43 bits per heavy atom. The van der Waals surface area contributed by atoms with Crippen LogP contribution in [0.2, 0.25) is 0 Å². The second kappa shape index (κ2) is 9.03. The molecular weight excluding hydrogens is 516 g/mol.